The van der Waals surface area contributed by atoms with Gasteiger partial charge in [-0.15, -0.1) is 0 Å². The number of imide groups is 1. The number of aromatic nitrogens is 2. The fourth-order valence-electron chi connectivity index (χ4n) is 3.18. The number of aryl methyl sites for hydroxylation is 2. The van der Waals surface area contributed by atoms with Crippen molar-refractivity contribution in [1.29, 1.82) is 0 Å². The van der Waals surface area contributed by atoms with Gasteiger partial charge in [-0.2, -0.15) is 5.10 Å². The lowest BCUT2D eigenvalue weighted by molar-refractivity contribution is -0.138. The highest BCUT2D eigenvalue weighted by molar-refractivity contribution is 6.33. The predicted molar refractivity (Wildman–Crippen MR) is 105 cm³/mol. The van der Waals surface area contributed by atoms with Crippen LogP contribution < -0.4 is 5.32 Å². The molecule has 0 atom stereocenters. The quantitative estimate of drug-likeness (QED) is 0.569. The third kappa shape index (κ3) is 4.42. The molecule has 148 valence electrons. The first-order chi connectivity index (χ1) is 13.4. The van der Waals surface area contributed by atoms with Gasteiger partial charge in [0.15, 0.2) is 0 Å². The summed E-state index contributed by atoms with van der Waals surface area (Å²) in [5.74, 6) is -0.600. The van der Waals surface area contributed by atoms with E-state index in [1.807, 2.05) is 31.2 Å². The maximum absolute atomic E-state index is 12.5. The van der Waals surface area contributed by atoms with E-state index in [-0.39, 0.29) is 30.6 Å². The summed E-state index contributed by atoms with van der Waals surface area (Å²) in [5, 5.41) is 7.47. The van der Waals surface area contributed by atoms with Crippen molar-refractivity contribution in [2.45, 2.75) is 39.7 Å². The van der Waals surface area contributed by atoms with Gasteiger partial charge in [-0.1, -0.05) is 41.4 Å². The van der Waals surface area contributed by atoms with Gasteiger partial charge in [0.2, 0.25) is 11.8 Å². The Kier molecular flexibility index (Phi) is 6.14. The number of nitrogens with one attached hydrogen (secondary N) is 1. The van der Waals surface area contributed by atoms with Crippen molar-refractivity contribution in [2.24, 2.45) is 0 Å². The second-order valence-corrected chi connectivity index (χ2v) is 7.30. The molecular formula is C20H23ClN4O3. The molecule has 0 bridgehead atoms. The summed E-state index contributed by atoms with van der Waals surface area (Å²) in [5.41, 5.74) is 3.12. The van der Waals surface area contributed by atoms with E-state index in [1.54, 1.807) is 11.6 Å². The number of carbonyl (C=O) groups is 3. The molecule has 2 aromatic rings. The van der Waals surface area contributed by atoms with Crippen molar-refractivity contribution in [3.05, 3.63) is 51.8 Å². The lowest BCUT2D eigenvalue weighted by atomic mass is 10.1. The minimum atomic E-state index is -0.309. The molecule has 7 nitrogen and oxygen atoms in total. The number of benzene rings is 1. The van der Waals surface area contributed by atoms with Gasteiger partial charge in [-0.05, 0) is 25.8 Å². The standard InChI is InChI=1S/C20H23ClN4O3/c1-13-4-6-15(7-5-13)12-25-19(21)18(14(2)23-25)20(28)22-10-3-11-24-16(26)8-9-17(24)27/h4-7H,3,8-12H2,1-2H3,(H,22,28). The molecule has 0 saturated carbocycles. The van der Waals surface area contributed by atoms with Crippen LogP contribution in [0.3, 0.4) is 0 Å². The molecule has 8 heteroatoms. The van der Waals surface area contributed by atoms with Gasteiger partial charge >= 0.3 is 0 Å². The highest BCUT2D eigenvalue weighted by Gasteiger charge is 2.28. The Morgan fingerprint density at radius 3 is 2.43 bits per heavy atom. The van der Waals surface area contributed by atoms with Crippen molar-refractivity contribution in [1.82, 2.24) is 20.0 Å². The monoisotopic (exact) mass is 402 g/mol. The molecule has 0 aliphatic carbocycles. The Morgan fingerprint density at radius 1 is 1.14 bits per heavy atom. The second-order valence-electron chi connectivity index (χ2n) is 6.94. The summed E-state index contributed by atoms with van der Waals surface area (Å²) < 4.78 is 1.61. The van der Waals surface area contributed by atoms with Gasteiger partial charge < -0.3 is 5.32 Å². The van der Waals surface area contributed by atoms with E-state index in [0.29, 0.717) is 42.5 Å². The fourth-order valence-corrected chi connectivity index (χ4v) is 3.50. The van der Waals surface area contributed by atoms with Crippen molar-refractivity contribution >= 4 is 29.3 Å². The van der Waals surface area contributed by atoms with Crippen molar-refractivity contribution < 1.29 is 14.4 Å². The third-order valence-electron chi connectivity index (χ3n) is 4.74. The first kappa shape index (κ1) is 20.1. The number of likely N-dealkylation sites (tertiary alicyclic amines) is 1. The summed E-state index contributed by atoms with van der Waals surface area (Å²) in [6.07, 6.45) is 1.05. The summed E-state index contributed by atoms with van der Waals surface area (Å²) >= 11 is 6.40. The average Bonchev–Trinajstić information content (AvgIpc) is 3.12. The van der Waals surface area contributed by atoms with E-state index in [0.717, 1.165) is 5.56 Å². The highest BCUT2D eigenvalue weighted by Crippen LogP contribution is 2.21. The van der Waals surface area contributed by atoms with E-state index >= 15 is 0 Å². The molecule has 1 aliphatic rings. The van der Waals surface area contributed by atoms with Crippen molar-refractivity contribution in [3.8, 4) is 0 Å². The molecule has 0 radical (unpaired) electrons. The van der Waals surface area contributed by atoms with E-state index in [9.17, 15) is 14.4 Å². The molecule has 2 heterocycles. The van der Waals surface area contributed by atoms with E-state index in [2.05, 4.69) is 10.4 Å². The molecule has 1 aromatic heterocycles. The van der Waals surface area contributed by atoms with Crippen LogP contribution in [0.15, 0.2) is 24.3 Å². The Balaban J connectivity index is 1.57. The number of carbonyl (C=O) groups excluding carboxylic acids is 3. The number of rotatable bonds is 7. The molecule has 1 fully saturated rings. The van der Waals surface area contributed by atoms with E-state index < -0.39 is 0 Å². The average molecular weight is 403 g/mol. The van der Waals surface area contributed by atoms with Crippen LogP contribution in [0.4, 0.5) is 0 Å². The first-order valence-electron chi connectivity index (χ1n) is 9.26. The van der Waals surface area contributed by atoms with Crippen LogP contribution in [0.25, 0.3) is 0 Å². The molecule has 28 heavy (non-hydrogen) atoms. The Bertz CT molecular complexity index is 889. The SMILES string of the molecule is Cc1ccc(Cn2nc(C)c(C(=O)NCCCN3C(=O)CCC3=O)c2Cl)cc1. The molecule has 3 rings (SSSR count). The van der Waals surface area contributed by atoms with Gasteiger partial charge in [0.25, 0.3) is 5.91 Å². The summed E-state index contributed by atoms with van der Waals surface area (Å²) in [7, 11) is 0. The molecule has 0 spiro atoms. The lowest BCUT2D eigenvalue weighted by Gasteiger charge is -2.13. The topological polar surface area (TPSA) is 84.3 Å². The molecule has 1 aliphatic heterocycles. The zero-order valence-electron chi connectivity index (χ0n) is 16.0. The van der Waals surface area contributed by atoms with Gasteiger partial charge in [-0.25, -0.2) is 4.68 Å². The minimum Gasteiger partial charge on any atom is -0.352 e. The minimum absolute atomic E-state index is 0.146. The van der Waals surface area contributed by atoms with E-state index in [4.69, 9.17) is 11.6 Å². The summed E-state index contributed by atoms with van der Waals surface area (Å²) in [6, 6.07) is 8.04. The molecule has 0 unspecified atom stereocenters. The molecule has 1 N–H and O–H groups in total. The second kappa shape index (κ2) is 8.56. The van der Waals surface area contributed by atoms with Gasteiger partial charge in [-0.3, -0.25) is 19.3 Å². The van der Waals surface area contributed by atoms with Gasteiger partial charge in [0.1, 0.15) is 5.15 Å². The van der Waals surface area contributed by atoms with Crippen LogP contribution >= 0.6 is 11.6 Å². The number of nitrogens with zero attached hydrogens (tertiary/aromatic N) is 3. The Hall–Kier alpha value is -2.67. The zero-order chi connectivity index (χ0) is 20.3. The molecule has 3 amide bonds. The molecule has 1 saturated heterocycles. The van der Waals surface area contributed by atoms with Crippen molar-refractivity contribution in [3.63, 3.8) is 0 Å². The molecular weight excluding hydrogens is 380 g/mol. The lowest BCUT2D eigenvalue weighted by Crippen LogP contribution is -2.33. The van der Waals surface area contributed by atoms with Crippen LogP contribution in [-0.4, -0.2) is 45.5 Å². The first-order valence-corrected chi connectivity index (χ1v) is 9.64. The van der Waals surface area contributed by atoms with Gasteiger partial charge in [0.05, 0.1) is 17.8 Å². The van der Waals surface area contributed by atoms with E-state index in [1.165, 1.54) is 10.5 Å². The zero-order valence-corrected chi connectivity index (χ0v) is 16.8. The van der Waals surface area contributed by atoms with Crippen molar-refractivity contribution in [2.75, 3.05) is 13.1 Å². The Morgan fingerprint density at radius 2 is 1.79 bits per heavy atom. The smallest absolute Gasteiger partial charge is 0.256 e. The fraction of sp³-hybridized carbons (Fsp3) is 0.400. The third-order valence-corrected chi connectivity index (χ3v) is 5.13. The largest absolute Gasteiger partial charge is 0.352 e. The predicted octanol–water partition coefficient (Wildman–Crippen LogP) is 2.47. The van der Waals surface area contributed by atoms with Gasteiger partial charge in [0, 0.05) is 25.9 Å². The number of halogens is 1. The summed E-state index contributed by atoms with van der Waals surface area (Å²) in [6.45, 7) is 4.90. The van der Waals surface area contributed by atoms with Crippen LogP contribution in [0, 0.1) is 13.8 Å². The van der Waals surface area contributed by atoms with Crippen LogP contribution in [0.2, 0.25) is 5.15 Å². The normalized spacial score (nSPS) is 14.0. The summed E-state index contributed by atoms with van der Waals surface area (Å²) in [4.78, 5) is 36.9. The highest BCUT2D eigenvalue weighted by atomic mass is 35.5. The van der Waals surface area contributed by atoms with Crippen LogP contribution in [0.1, 0.15) is 46.4 Å². The molecule has 1 aromatic carbocycles. The Labute approximate surface area is 168 Å². The van der Waals surface area contributed by atoms with Crippen LogP contribution in [0.5, 0.6) is 0 Å². The number of amides is 3. The van der Waals surface area contributed by atoms with Crippen LogP contribution in [-0.2, 0) is 16.1 Å². The number of hydrogen-bond donors (Lipinski definition) is 1. The maximum Gasteiger partial charge on any atom is 0.256 e. The number of hydrogen-bond acceptors (Lipinski definition) is 4. The maximum atomic E-state index is 12.5.